The Morgan fingerprint density at radius 2 is 1.88 bits per heavy atom. The van der Waals surface area contributed by atoms with E-state index < -0.39 is 17.5 Å². The van der Waals surface area contributed by atoms with Crippen LogP contribution in [0.2, 0.25) is 0 Å². The van der Waals surface area contributed by atoms with Gasteiger partial charge in [0, 0.05) is 22.8 Å². The second-order valence-corrected chi connectivity index (χ2v) is 8.41. The first kappa shape index (κ1) is 22.6. The minimum atomic E-state index is -0.521. The van der Waals surface area contributed by atoms with E-state index in [0.717, 1.165) is 17.8 Å². The molecule has 0 fully saturated rings. The zero-order valence-corrected chi connectivity index (χ0v) is 18.5. The Bertz CT molecular complexity index is 1260. The maximum atomic E-state index is 13.4. The highest BCUT2D eigenvalue weighted by Crippen LogP contribution is 2.23. The Morgan fingerprint density at radius 1 is 1.06 bits per heavy atom. The summed E-state index contributed by atoms with van der Waals surface area (Å²) in [4.78, 5) is 28.6. The van der Waals surface area contributed by atoms with Gasteiger partial charge in [0.15, 0.2) is 16.1 Å². The molecule has 2 amide bonds. The normalized spacial score (nSPS) is 10.7. The van der Waals surface area contributed by atoms with E-state index in [1.165, 1.54) is 53.8 Å². The zero-order chi connectivity index (χ0) is 23.2. The van der Waals surface area contributed by atoms with E-state index in [1.54, 1.807) is 16.1 Å². The molecule has 2 heterocycles. The molecule has 0 atom stereocenters. The van der Waals surface area contributed by atoms with E-state index >= 15 is 0 Å². The summed E-state index contributed by atoms with van der Waals surface area (Å²) in [6, 6.07) is 11.0. The molecule has 12 heteroatoms. The maximum Gasteiger partial charge on any atom is 0.251 e. The molecule has 4 rings (SSSR count). The molecule has 0 aliphatic heterocycles. The number of anilines is 1. The highest BCUT2D eigenvalue weighted by molar-refractivity contribution is 7.99. The first-order valence-electron chi connectivity index (χ1n) is 9.56. The molecular formula is C21H16F2N6O2S2. The number of rotatable bonds is 8. The lowest BCUT2D eigenvalue weighted by atomic mass is 10.2. The number of thiazole rings is 1. The second kappa shape index (κ2) is 10.3. The minimum absolute atomic E-state index is 0.0222. The minimum Gasteiger partial charge on any atom is -0.345 e. The zero-order valence-electron chi connectivity index (χ0n) is 16.9. The monoisotopic (exact) mass is 486 g/mol. The summed E-state index contributed by atoms with van der Waals surface area (Å²) in [6.07, 6.45) is 1.59. The number of nitrogens with zero attached hydrogens (tertiary/aromatic N) is 4. The Labute approximate surface area is 195 Å². The third kappa shape index (κ3) is 5.79. The van der Waals surface area contributed by atoms with Crippen molar-refractivity contribution in [3.63, 3.8) is 0 Å². The van der Waals surface area contributed by atoms with E-state index in [-0.39, 0.29) is 23.8 Å². The number of hydrogen-bond donors (Lipinski definition) is 2. The van der Waals surface area contributed by atoms with Crippen molar-refractivity contribution in [2.45, 2.75) is 11.7 Å². The van der Waals surface area contributed by atoms with Crippen LogP contribution in [0, 0.1) is 11.6 Å². The average Bonchev–Trinajstić information content (AvgIpc) is 3.46. The van der Waals surface area contributed by atoms with Gasteiger partial charge in [0.2, 0.25) is 5.91 Å². The summed E-state index contributed by atoms with van der Waals surface area (Å²) in [6.45, 7) is -0.0222. The number of halogens is 2. The van der Waals surface area contributed by atoms with Gasteiger partial charge >= 0.3 is 0 Å². The summed E-state index contributed by atoms with van der Waals surface area (Å²) in [5.41, 5.74) is 0.718. The Hall–Kier alpha value is -3.64. The lowest BCUT2D eigenvalue weighted by Crippen LogP contribution is -2.24. The van der Waals surface area contributed by atoms with Gasteiger partial charge in [-0.2, -0.15) is 0 Å². The van der Waals surface area contributed by atoms with Gasteiger partial charge < -0.3 is 10.6 Å². The van der Waals surface area contributed by atoms with Gasteiger partial charge in [-0.05, 0) is 42.5 Å². The summed E-state index contributed by atoms with van der Waals surface area (Å²) in [7, 11) is 0. The molecule has 0 spiro atoms. The Morgan fingerprint density at radius 3 is 2.61 bits per heavy atom. The molecule has 2 aromatic carbocycles. The predicted octanol–water partition coefficient (Wildman–Crippen LogP) is 3.66. The Kier molecular flexibility index (Phi) is 7.05. The fraction of sp³-hybridized carbons (Fsp3) is 0.0952. The van der Waals surface area contributed by atoms with Crippen molar-refractivity contribution < 1.29 is 18.4 Å². The highest BCUT2D eigenvalue weighted by Gasteiger charge is 2.17. The first-order valence-corrected chi connectivity index (χ1v) is 11.4. The second-order valence-electron chi connectivity index (χ2n) is 6.58. The average molecular weight is 487 g/mol. The van der Waals surface area contributed by atoms with E-state index in [9.17, 15) is 18.4 Å². The predicted molar refractivity (Wildman–Crippen MR) is 120 cm³/mol. The summed E-state index contributed by atoms with van der Waals surface area (Å²) < 4.78 is 28.5. The van der Waals surface area contributed by atoms with Crippen LogP contribution in [0.1, 0.15) is 16.2 Å². The molecule has 0 bridgehead atoms. The van der Waals surface area contributed by atoms with Crippen LogP contribution in [0.15, 0.2) is 65.3 Å². The van der Waals surface area contributed by atoms with E-state index in [1.807, 2.05) is 0 Å². The quantitative estimate of drug-likeness (QED) is 0.369. The standard InChI is InChI=1S/C21H16F2N6O2S2/c22-14-4-6-16(7-5-14)29-17(11-25-19(31)13-2-1-3-15(23)10-13)27-28-21(29)33-12-18(30)26-20-24-8-9-32-20/h1-10H,11-12H2,(H,25,31)(H,24,26,30). The number of hydrogen-bond acceptors (Lipinski definition) is 7. The van der Waals surface area contributed by atoms with Crippen molar-refractivity contribution in [2.24, 2.45) is 0 Å². The lowest BCUT2D eigenvalue weighted by Gasteiger charge is -2.11. The van der Waals surface area contributed by atoms with Crippen molar-refractivity contribution in [1.82, 2.24) is 25.1 Å². The molecule has 168 valence electrons. The van der Waals surface area contributed by atoms with Crippen molar-refractivity contribution in [2.75, 3.05) is 11.1 Å². The third-order valence-electron chi connectivity index (χ3n) is 4.29. The van der Waals surface area contributed by atoms with E-state index in [4.69, 9.17) is 0 Å². The number of thioether (sulfide) groups is 1. The molecule has 33 heavy (non-hydrogen) atoms. The number of carbonyl (C=O) groups is 2. The maximum absolute atomic E-state index is 13.4. The largest absolute Gasteiger partial charge is 0.345 e. The molecule has 0 unspecified atom stereocenters. The summed E-state index contributed by atoms with van der Waals surface area (Å²) in [5, 5.41) is 16.2. The molecule has 0 aliphatic rings. The van der Waals surface area contributed by atoms with Gasteiger partial charge in [0.25, 0.3) is 5.91 Å². The van der Waals surface area contributed by atoms with Crippen LogP contribution >= 0.6 is 23.1 Å². The highest BCUT2D eigenvalue weighted by atomic mass is 32.2. The SMILES string of the molecule is O=C(CSc1nnc(CNC(=O)c2cccc(F)c2)n1-c1ccc(F)cc1)Nc1nccs1. The van der Waals surface area contributed by atoms with Gasteiger partial charge in [-0.25, -0.2) is 13.8 Å². The smallest absolute Gasteiger partial charge is 0.251 e. The molecule has 0 radical (unpaired) electrons. The number of benzene rings is 2. The molecule has 8 nitrogen and oxygen atoms in total. The number of nitrogens with one attached hydrogen (secondary N) is 2. The van der Waals surface area contributed by atoms with Gasteiger partial charge in [0.1, 0.15) is 11.6 Å². The summed E-state index contributed by atoms with van der Waals surface area (Å²) >= 11 is 2.43. The fourth-order valence-corrected chi connectivity index (χ4v) is 4.14. The van der Waals surface area contributed by atoms with Crippen LogP contribution in [0.25, 0.3) is 5.69 Å². The van der Waals surface area contributed by atoms with Crippen LogP contribution in [0.4, 0.5) is 13.9 Å². The molecule has 0 saturated heterocycles. The molecule has 0 saturated carbocycles. The molecule has 2 N–H and O–H groups in total. The van der Waals surface area contributed by atoms with Crippen molar-refractivity contribution in [1.29, 1.82) is 0 Å². The van der Waals surface area contributed by atoms with E-state index in [0.29, 0.717) is 21.8 Å². The Balaban J connectivity index is 1.51. The first-order chi connectivity index (χ1) is 16.0. The van der Waals surface area contributed by atoms with Gasteiger partial charge in [-0.3, -0.25) is 14.2 Å². The van der Waals surface area contributed by atoms with Gasteiger partial charge in [-0.15, -0.1) is 21.5 Å². The third-order valence-corrected chi connectivity index (χ3v) is 5.91. The van der Waals surface area contributed by atoms with Crippen molar-refractivity contribution in [3.05, 3.63) is 83.1 Å². The molecule has 0 aliphatic carbocycles. The van der Waals surface area contributed by atoms with Crippen LogP contribution in [0.3, 0.4) is 0 Å². The van der Waals surface area contributed by atoms with E-state index in [2.05, 4.69) is 25.8 Å². The fourth-order valence-electron chi connectivity index (χ4n) is 2.82. The lowest BCUT2D eigenvalue weighted by molar-refractivity contribution is -0.113. The van der Waals surface area contributed by atoms with Gasteiger partial charge in [-0.1, -0.05) is 17.8 Å². The van der Waals surface area contributed by atoms with Crippen LogP contribution in [-0.2, 0) is 11.3 Å². The van der Waals surface area contributed by atoms with Crippen LogP contribution in [-0.4, -0.2) is 37.3 Å². The number of aromatic nitrogens is 4. The van der Waals surface area contributed by atoms with Crippen LogP contribution < -0.4 is 10.6 Å². The van der Waals surface area contributed by atoms with Crippen LogP contribution in [0.5, 0.6) is 0 Å². The number of amides is 2. The molecular weight excluding hydrogens is 470 g/mol. The van der Waals surface area contributed by atoms with Gasteiger partial charge in [0.05, 0.1) is 12.3 Å². The molecule has 4 aromatic rings. The van der Waals surface area contributed by atoms with Crippen molar-refractivity contribution in [3.8, 4) is 5.69 Å². The summed E-state index contributed by atoms with van der Waals surface area (Å²) in [5.74, 6) is -1.30. The van der Waals surface area contributed by atoms with Crippen molar-refractivity contribution >= 4 is 40.0 Å². The number of carbonyl (C=O) groups excluding carboxylic acids is 2. The topological polar surface area (TPSA) is 102 Å². The molecule has 2 aromatic heterocycles.